The standard InChI is InChI=1S/C14H22N2O/c1-10(2)16-9-14(3,17)13-12-7-5-4-6-11(12)8-15-13/h4-7,10,13,15-17H,8-9H2,1-3H3. The molecule has 0 fully saturated rings. The number of hydrogen-bond acceptors (Lipinski definition) is 3. The predicted octanol–water partition coefficient (Wildman–Crippen LogP) is 1.58. The van der Waals surface area contributed by atoms with Crippen molar-refractivity contribution in [2.24, 2.45) is 0 Å². The first kappa shape index (κ1) is 12.6. The highest BCUT2D eigenvalue weighted by Gasteiger charge is 2.36. The van der Waals surface area contributed by atoms with Gasteiger partial charge in [0.05, 0.1) is 11.6 Å². The van der Waals surface area contributed by atoms with E-state index in [0.717, 1.165) is 6.54 Å². The summed E-state index contributed by atoms with van der Waals surface area (Å²) in [7, 11) is 0. The van der Waals surface area contributed by atoms with Crippen LogP contribution in [0, 0.1) is 0 Å². The number of nitrogens with one attached hydrogen (secondary N) is 2. The molecule has 0 saturated heterocycles. The molecule has 94 valence electrons. The number of hydrogen-bond donors (Lipinski definition) is 3. The monoisotopic (exact) mass is 234 g/mol. The molecule has 0 spiro atoms. The Morgan fingerprint density at radius 2 is 2.18 bits per heavy atom. The van der Waals surface area contributed by atoms with Crippen LogP contribution in [0.25, 0.3) is 0 Å². The van der Waals surface area contributed by atoms with Crippen molar-refractivity contribution in [3.8, 4) is 0 Å². The van der Waals surface area contributed by atoms with E-state index >= 15 is 0 Å². The Hall–Kier alpha value is -0.900. The van der Waals surface area contributed by atoms with Crippen molar-refractivity contribution in [3.63, 3.8) is 0 Å². The zero-order valence-corrected chi connectivity index (χ0v) is 10.8. The topological polar surface area (TPSA) is 44.3 Å². The van der Waals surface area contributed by atoms with Crippen molar-refractivity contribution in [2.75, 3.05) is 6.54 Å². The molecule has 0 aliphatic carbocycles. The van der Waals surface area contributed by atoms with E-state index < -0.39 is 5.60 Å². The summed E-state index contributed by atoms with van der Waals surface area (Å²) in [5, 5.41) is 17.3. The van der Waals surface area contributed by atoms with Crippen molar-refractivity contribution >= 4 is 0 Å². The van der Waals surface area contributed by atoms with E-state index in [0.29, 0.717) is 12.6 Å². The Labute approximate surface area is 103 Å². The van der Waals surface area contributed by atoms with Gasteiger partial charge in [-0.05, 0) is 18.1 Å². The van der Waals surface area contributed by atoms with E-state index in [-0.39, 0.29) is 6.04 Å². The summed E-state index contributed by atoms with van der Waals surface area (Å²) in [6.07, 6.45) is 0. The molecular formula is C14H22N2O. The van der Waals surface area contributed by atoms with E-state index in [1.807, 2.05) is 19.1 Å². The quantitative estimate of drug-likeness (QED) is 0.741. The molecule has 3 heteroatoms. The van der Waals surface area contributed by atoms with Crippen LogP contribution in [0.3, 0.4) is 0 Å². The van der Waals surface area contributed by atoms with Crippen LogP contribution in [0.4, 0.5) is 0 Å². The average Bonchev–Trinajstić information content (AvgIpc) is 2.71. The second kappa shape index (κ2) is 4.77. The lowest BCUT2D eigenvalue weighted by atomic mass is 9.90. The fraction of sp³-hybridized carbons (Fsp3) is 0.571. The van der Waals surface area contributed by atoms with E-state index in [1.54, 1.807) is 0 Å². The smallest absolute Gasteiger partial charge is 0.0937 e. The minimum Gasteiger partial charge on any atom is -0.387 e. The van der Waals surface area contributed by atoms with Crippen LogP contribution in [-0.2, 0) is 6.54 Å². The van der Waals surface area contributed by atoms with Gasteiger partial charge in [0.2, 0.25) is 0 Å². The van der Waals surface area contributed by atoms with Gasteiger partial charge in [-0.3, -0.25) is 0 Å². The van der Waals surface area contributed by atoms with Crippen molar-refractivity contribution in [3.05, 3.63) is 35.4 Å². The summed E-state index contributed by atoms with van der Waals surface area (Å²) in [5.41, 5.74) is 1.75. The van der Waals surface area contributed by atoms with Crippen LogP contribution < -0.4 is 10.6 Å². The van der Waals surface area contributed by atoms with Crippen LogP contribution in [-0.4, -0.2) is 23.3 Å². The van der Waals surface area contributed by atoms with Crippen molar-refractivity contribution in [1.29, 1.82) is 0 Å². The lowest BCUT2D eigenvalue weighted by molar-refractivity contribution is 0.0208. The molecular weight excluding hydrogens is 212 g/mol. The predicted molar refractivity (Wildman–Crippen MR) is 69.8 cm³/mol. The Morgan fingerprint density at radius 1 is 1.47 bits per heavy atom. The Kier molecular flexibility index (Phi) is 3.52. The van der Waals surface area contributed by atoms with Crippen LogP contribution in [0.15, 0.2) is 24.3 Å². The molecule has 1 heterocycles. The zero-order chi connectivity index (χ0) is 12.5. The third-order valence-corrected chi connectivity index (χ3v) is 3.35. The molecule has 0 aromatic heterocycles. The molecule has 0 bridgehead atoms. The van der Waals surface area contributed by atoms with E-state index in [4.69, 9.17) is 0 Å². The normalized spacial score (nSPS) is 22.5. The van der Waals surface area contributed by atoms with Crippen molar-refractivity contribution < 1.29 is 5.11 Å². The second-order valence-corrected chi connectivity index (χ2v) is 5.41. The summed E-state index contributed by atoms with van der Waals surface area (Å²) in [6, 6.07) is 8.70. The van der Waals surface area contributed by atoms with Crippen molar-refractivity contribution in [2.45, 2.75) is 45.0 Å². The first-order valence-corrected chi connectivity index (χ1v) is 6.27. The third kappa shape index (κ3) is 2.68. The molecule has 0 radical (unpaired) electrons. The fourth-order valence-corrected chi connectivity index (χ4v) is 2.37. The minimum absolute atomic E-state index is 0.0185. The van der Waals surface area contributed by atoms with Crippen LogP contribution >= 0.6 is 0 Å². The lowest BCUT2D eigenvalue weighted by Gasteiger charge is -2.32. The molecule has 1 aliphatic rings. The molecule has 3 nitrogen and oxygen atoms in total. The second-order valence-electron chi connectivity index (χ2n) is 5.41. The molecule has 1 aromatic carbocycles. The summed E-state index contributed by atoms with van der Waals surface area (Å²) in [4.78, 5) is 0. The number of rotatable bonds is 4. The van der Waals surface area contributed by atoms with Gasteiger partial charge in [-0.1, -0.05) is 38.1 Å². The first-order chi connectivity index (χ1) is 8.00. The largest absolute Gasteiger partial charge is 0.387 e. The van der Waals surface area contributed by atoms with Gasteiger partial charge in [-0.25, -0.2) is 0 Å². The molecule has 3 N–H and O–H groups in total. The Bertz CT molecular complexity index is 388. The highest BCUT2D eigenvalue weighted by molar-refractivity contribution is 5.35. The number of fused-ring (bicyclic) bond motifs is 1. The molecule has 2 rings (SSSR count). The molecule has 0 amide bonds. The molecule has 1 aromatic rings. The maximum absolute atomic E-state index is 10.6. The third-order valence-electron chi connectivity index (χ3n) is 3.35. The van der Waals surface area contributed by atoms with Crippen LogP contribution in [0.5, 0.6) is 0 Å². The maximum atomic E-state index is 10.6. The van der Waals surface area contributed by atoms with Crippen LogP contribution in [0.2, 0.25) is 0 Å². The van der Waals surface area contributed by atoms with Gasteiger partial charge in [0.1, 0.15) is 0 Å². The average molecular weight is 234 g/mol. The molecule has 2 atom stereocenters. The van der Waals surface area contributed by atoms with Crippen LogP contribution in [0.1, 0.15) is 37.9 Å². The molecule has 2 unspecified atom stereocenters. The van der Waals surface area contributed by atoms with Gasteiger partial charge in [-0.2, -0.15) is 0 Å². The fourth-order valence-electron chi connectivity index (χ4n) is 2.37. The van der Waals surface area contributed by atoms with E-state index in [2.05, 4.69) is 36.6 Å². The number of benzene rings is 1. The maximum Gasteiger partial charge on any atom is 0.0937 e. The summed E-state index contributed by atoms with van der Waals surface area (Å²) >= 11 is 0. The highest BCUT2D eigenvalue weighted by Crippen LogP contribution is 2.33. The minimum atomic E-state index is -0.767. The molecule has 0 saturated carbocycles. The zero-order valence-electron chi connectivity index (χ0n) is 10.8. The summed E-state index contributed by atoms with van der Waals surface area (Å²) < 4.78 is 0. The van der Waals surface area contributed by atoms with E-state index in [1.165, 1.54) is 11.1 Å². The van der Waals surface area contributed by atoms with E-state index in [9.17, 15) is 5.11 Å². The Morgan fingerprint density at radius 3 is 2.88 bits per heavy atom. The van der Waals surface area contributed by atoms with Gasteiger partial charge in [0.15, 0.2) is 0 Å². The SMILES string of the molecule is CC(C)NCC(C)(O)C1NCc2ccccc21. The Balaban J connectivity index is 2.13. The van der Waals surface area contributed by atoms with Gasteiger partial charge >= 0.3 is 0 Å². The molecule has 17 heavy (non-hydrogen) atoms. The van der Waals surface area contributed by atoms with Gasteiger partial charge in [0, 0.05) is 19.1 Å². The highest BCUT2D eigenvalue weighted by atomic mass is 16.3. The molecule has 1 aliphatic heterocycles. The van der Waals surface area contributed by atoms with Gasteiger partial charge in [-0.15, -0.1) is 0 Å². The lowest BCUT2D eigenvalue weighted by Crippen LogP contribution is -2.48. The van der Waals surface area contributed by atoms with Gasteiger partial charge in [0.25, 0.3) is 0 Å². The van der Waals surface area contributed by atoms with Crippen molar-refractivity contribution in [1.82, 2.24) is 10.6 Å². The first-order valence-electron chi connectivity index (χ1n) is 6.27. The number of aliphatic hydroxyl groups is 1. The summed E-state index contributed by atoms with van der Waals surface area (Å²) in [5.74, 6) is 0. The van der Waals surface area contributed by atoms with Gasteiger partial charge < -0.3 is 15.7 Å². The summed E-state index contributed by atoms with van der Waals surface area (Å²) in [6.45, 7) is 7.51.